The molecule has 0 amide bonds. The highest BCUT2D eigenvalue weighted by molar-refractivity contribution is 5.79. The van der Waals surface area contributed by atoms with Gasteiger partial charge in [0.1, 0.15) is 0 Å². The van der Waals surface area contributed by atoms with Crippen molar-refractivity contribution in [3.05, 3.63) is 36.0 Å². The summed E-state index contributed by atoms with van der Waals surface area (Å²) in [6.07, 6.45) is 5.85. The molecule has 1 aliphatic heterocycles. The van der Waals surface area contributed by atoms with Crippen LogP contribution in [-0.2, 0) is 6.54 Å². The van der Waals surface area contributed by atoms with E-state index < -0.39 is 0 Å². The largest absolute Gasteiger partial charge is 0.361 e. The third-order valence-corrected chi connectivity index (χ3v) is 4.34. The van der Waals surface area contributed by atoms with Gasteiger partial charge < -0.3 is 15.2 Å². The normalized spacial score (nSPS) is 17.9. The first-order chi connectivity index (χ1) is 9.85. The number of hydrogen-bond acceptors (Lipinski definition) is 2. The predicted octanol–water partition coefficient (Wildman–Crippen LogP) is 3.13. The van der Waals surface area contributed by atoms with Crippen LogP contribution in [0, 0.1) is 0 Å². The zero-order valence-electron chi connectivity index (χ0n) is 12.4. The Bertz CT molecular complexity index is 538. The van der Waals surface area contributed by atoms with E-state index in [1.165, 1.54) is 55.4 Å². The molecule has 3 rings (SSSR count). The van der Waals surface area contributed by atoms with E-state index >= 15 is 0 Å². The van der Waals surface area contributed by atoms with Crippen molar-refractivity contribution < 1.29 is 0 Å². The fourth-order valence-corrected chi connectivity index (χ4v) is 3.15. The van der Waals surface area contributed by atoms with E-state index in [4.69, 9.17) is 0 Å². The molecule has 0 atom stereocenters. The van der Waals surface area contributed by atoms with E-state index in [1.807, 2.05) is 6.20 Å². The number of nitrogens with one attached hydrogen (secondary N) is 2. The molecule has 3 nitrogen and oxygen atoms in total. The molecule has 0 radical (unpaired) electrons. The number of fused-ring (bicyclic) bond motifs is 1. The minimum atomic E-state index is 0.685. The van der Waals surface area contributed by atoms with Gasteiger partial charge in [-0.25, -0.2) is 0 Å². The lowest BCUT2D eigenvalue weighted by atomic mass is 10.0. The lowest BCUT2D eigenvalue weighted by Gasteiger charge is -2.32. The van der Waals surface area contributed by atoms with E-state index in [-0.39, 0.29) is 0 Å². The molecular formula is C17H25N3. The summed E-state index contributed by atoms with van der Waals surface area (Å²) in [5.74, 6) is 0. The first-order valence-corrected chi connectivity index (χ1v) is 7.87. The Morgan fingerprint density at radius 2 is 2.10 bits per heavy atom. The maximum Gasteiger partial charge on any atom is 0.0454 e. The van der Waals surface area contributed by atoms with E-state index in [9.17, 15) is 0 Å². The number of nitrogens with zero attached hydrogens (tertiary/aromatic N) is 1. The molecule has 0 aliphatic carbocycles. The second kappa shape index (κ2) is 6.42. The van der Waals surface area contributed by atoms with Gasteiger partial charge in [0, 0.05) is 24.3 Å². The molecule has 1 aliphatic rings. The summed E-state index contributed by atoms with van der Waals surface area (Å²) in [4.78, 5) is 5.83. The number of benzene rings is 1. The first-order valence-electron chi connectivity index (χ1n) is 7.87. The molecule has 2 N–H and O–H groups in total. The van der Waals surface area contributed by atoms with Crippen LogP contribution < -0.4 is 5.32 Å². The summed E-state index contributed by atoms with van der Waals surface area (Å²) in [5.41, 5.74) is 2.61. The van der Waals surface area contributed by atoms with Gasteiger partial charge in [-0.3, -0.25) is 0 Å². The molecule has 2 aromatic rings. The highest BCUT2D eigenvalue weighted by Crippen LogP contribution is 2.15. The van der Waals surface area contributed by atoms with Crippen molar-refractivity contribution in [2.24, 2.45) is 0 Å². The average Bonchev–Trinajstić information content (AvgIpc) is 2.94. The third kappa shape index (κ3) is 3.22. The number of aromatic nitrogens is 1. The topological polar surface area (TPSA) is 31.1 Å². The number of aromatic amines is 1. The second-order valence-corrected chi connectivity index (χ2v) is 5.90. The summed E-state index contributed by atoms with van der Waals surface area (Å²) < 4.78 is 0. The molecule has 1 saturated heterocycles. The van der Waals surface area contributed by atoms with Gasteiger partial charge in [-0.05, 0) is 68.0 Å². The smallest absolute Gasteiger partial charge is 0.0454 e. The van der Waals surface area contributed by atoms with Gasteiger partial charge in [-0.1, -0.05) is 13.0 Å². The molecule has 0 spiro atoms. The molecule has 3 heteroatoms. The Balaban J connectivity index is 1.50. The number of piperidine rings is 1. The maximum atomic E-state index is 3.72. The summed E-state index contributed by atoms with van der Waals surface area (Å²) in [5, 5.41) is 5.03. The molecule has 1 aromatic carbocycles. The molecular weight excluding hydrogens is 246 g/mol. The van der Waals surface area contributed by atoms with Crippen molar-refractivity contribution in [2.45, 2.75) is 38.8 Å². The first kappa shape index (κ1) is 13.7. The van der Waals surface area contributed by atoms with E-state index in [0.29, 0.717) is 6.04 Å². The zero-order chi connectivity index (χ0) is 13.8. The van der Waals surface area contributed by atoms with Crippen LogP contribution in [0.3, 0.4) is 0 Å². The predicted molar refractivity (Wildman–Crippen MR) is 84.9 cm³/mol. The number of rotatable bonds is 5. The van der Waals surface area contributed by atoms with E-state index in [1.54, 1.807) is 0 Å². The highest BCUT2D eigenvalue weighted by Gasteiger charge is 2.17. The maximum absolute atomic E-state index is 3.72. The fraction of sp³-hybridized carbons (Fsp3) is 0.529. The lowest BCUT2D eigenvalue weighted by Crippen LogP contribution is -2.42. The van der Waals surface area contributed by atoms with Gasteiger partial charge in [-0.2, -0.15) is 0 Å². The van der Waals surface area contributed by atoms with Crippen LogP contribution in [0.2, 0.25) is 0 Å². The Labute approximate surface area is 121 Å². The summed E-state index contributed by atoms with van der Waals surface area (Å²) in [6.45, 7) is 7.02. The van der Waals surface area contributed by atoms with Crippen molar-refractivity contribution >= 4 is 10.9 Å². The van der Waals surface area contributed by atoms with Crippen LogP contribution in [0.15, 0.2) is 30.5 Å². The van der Waals surface area contributed by atoms with Crippen molar-refractivity contribution in [1.29, 1.82) is 0 Å². The van der Waals surface area contributed by atoms with Crippen LogP contribution in [0.25, 0.3) is 10.9 Å². The molecule has 1 aromatic heterocycles. The van der Waals surface area contributed by atoms with Crippen molar-refractivity contribution in [2.75, 3.05) is 19.6 Å². The summed E-state index contributed by atoms with van der Waals surface area (Å²) >= 11 is 0. The molecule has 2 heterocycles. The van der Waals surface area contributed by atoms with Crippen molar-refractivity contribution in [3.8, 4) is 0 Å². The summed E-state index contributed by atoms with van der Waals surface area (Å²) in [6, 6.07) is 9.51. The Morgan fingerprint density at radius 1 is 1.25 bits per heavy atom. The minimum Gasteiger partial charge on any atom is -0.361 e. The van der Waals surface area contributed by atoms with Crippen molar-refractivity contribution in [3.63, 3.8) is 0 Å². The highest BCUT2D eigenvalue weighted by atomic mass is 15.1. The Hall–Kier alpha value is -1.32. The lowest BCUT2D eigenvalue weighted by molar-refractivity contribution is 0.197. The third-order valence-electron chi connectivity index (χ3n) is 4.34. The van der Waals surface area contributed by atoms with Gasteiger partial charge >= 0.3 is 0 Å². The van der Waals surface area contributed by atoms with Crippen LogP contribution in [-0.4, -0.2) is 35.6 Å². The fourth-order valence-electron chi connectivity index (χ4n) is 3.15. The van der Waals surface area contributed by atoms with Gasteiger partial charge in [-0.15, -0.1) is 0 Å². The number of hydrogen-bond donors (Lipinski definition) is 2. The Morgan fingerprint density at radius 3 is 2.90 bits per heavy atom. The molecule has 108 valence electrons. The second-order valence-electron chi connectivity index (χ2n) is 5.90. The van der Waals surface area contributed by atoms with E-state index in [0.717, 1.165) is 6.54 Å². The number of H-pyrrole nitrogens is 1. The zero-order valence-corrected chi connectivity index (χ0v) is 12.4. The van der Waals surface area contributed by atoms with Crippen LogP contribution in [0.4, 0.5) is 0 Å². The monoisotopic (exact) mass is 271 g/mol. The minimum absolute atomic E-state index is 0.685. The van der Waals surface area contributed by atoms with Crippen LogP contribution >= 0.6 is 0 Å². The standard InChI is InChI=1S/C17H25N3/c1-2-9-20-10-6-16(7-11-20)19-13-14-3-4-17-15(12-14)5-8-18-17/h3-5,8,12,16,18-19H,2,6-7,9-11,13H2,1H3. The van der Waals surface area contributed by atoms with Gasteiger partial charge in [0.25, 0.3) is 0 Å². The molecule has 0 unspecified atom stereocenters. The SMILES string of the molecule is CCCN1CCC(NCc2ccc3[nH]ccc3c2)CC1. The molecule has 0 saturated carbocycles. The van der Waals surface area contributed by atoms with E-state index in [2.05, 4.69) is 46.4 Å². The van der Waals surface area contributed by atoms with Crippen LogP contribution in [0.5, 0.6) is 0 Å². The summed E-state index contributed by atoms with van der Waals surface area (Å²) in [7, 11) is 0. The molecule has 20 heavy (non-hydrogen) atoms. The number of likely N-dealkylation sites (tertiary alicyclic amines) is 1. The quantitative estimate of drug-likeness (QED) is 0.875. The average molecular weight is 271 g/mol. The van der Waals surface area contributed by atoms with Gasteiger partial charge in [0.2, 0.25) is 0 Å². The van der Waals surface area contributed by atoms with Crippen LogP contribution in [0.1, 0.15) is 31.7 Å². The Kier molecular flexibility index (Phi) is 4.38. The van der Waals surface area contributed by atoms with Crippen molar-refractivity contribution in [1.82, 2.24) is 15.2 Å². The van der Waals surface area contributed by atoms with Gasteiger partial charge in [0.05, 0.1) is 0 Å². The molecule has 1 fully saturated rings. The molecule has 0 bridgehead atoms. The van der Waals surface area contributed by atoms with Gasteiger partial charge in [0.15, 0.2) is 0 Å².